The first-order chi connectivity index (χ1) is 10.4. The topological polar surface area (TPSA) is 72.7 Å². The van der Waals surface area contributed by atoms with Crippen molar-refractivity contribution in [2.24, 2.45) is 5.92 Å². The van der Waals surface area contributed by atoms with E-state index in [0.29, 0.717) is 11.5 Å². The van der Waals surface area contributed by atoms with Crippen LogP contribution in [-0.4, -0.2) is 35.4 Å². The van der Waals surface area contributed by atoms with Gasteiger partial charge in [-0.05, 0) is 43.7 Å². The molecule has 2 rings (SSSR count). The van der Waals surface area contributed by atoms with Crippen molar-refractivity contribution >= 4 is 11.6 Å². The fraction of sp³-hybridized carbons (Fsp3) is 0.562. The number of nitro groups is 1. The molecule has 0 radical (unpaired) electrons. The molecule has 1 heterocycles. The Labute approximate surface area is 130 Å². The molecule has 1 aliphatic rings. The first-order valence-corrected chi connectivity index (χ1v) is 7.54. The number of hydrogen-bond acceptors (Lipinski definition) is 4. The highest BCUT2D eigenvalue weighted by molar-refractivity contribution is 5.78. The van der Waals surface area contributed by atoms with Crippen LogP contribution in [-0.2, 0) is 4.79 Å². The number of likely N-dealkylation sites (tertiary alicyclic amines) is 1. The highest BCUT2D eigenvalue weighted by Crippen LogP contribution is 2.32. The minimum atomic E-state index is -0.469. The van der Waals surface area contributed by atoms with Gasteiger partial charge in [0.05, 0.1) is 4.92 Å². The van der Waals surface area contributed by atoms with Gasteiger partial charge >= 0.3 is 5.69 Å². The molecule has 0 spiro atoms. The average molecular weight is 306 g/mol. The van der Waals surface area contributed by atoms with Crippen LogP contribution in [0.5, 0.6) is 5.75 Å². The van der Waals surface area contributed by atoms with E-state index in [1.807, 2.05) is 6.07 Å². The maximum absolute atomic E-state index is 12.2. The number of nitrogens with zero attached hydrogens (tertiary/aromatic N) is 2. The van der Waals surface area contributed by atoms with Gasteiger partial charge in [-0.25, -0.2) is 0 Å². The third-order valence-corrected chi connectivity index (χ3v) is 3.95. The number of hydrogen-bond donors (Lipinski definition) is 0. The van der Waals surface area contributed by atoms with Crippen molar-refractivity contribution < 1.29 is 14.5 Å². The predicted molar refractivity (Wildman–Crippen MR) is 83.0 cm³/mol. The van der Waals surface area contributed by atoms with Crippen LogP contribution in [0.25, 0.3) is 0 Å². The molecule has 1 aromatic carbocycles. The second-order valence-electron chi connectivity index (χ2n) is 6.06. The van der Waals surface area contributed by atoms with E-state index in [4.69, 9.17) is 4.74 Å². The maximum Gasteiger partial charge on any atom is 0.311 e. The Bertz CT molecular complexity index is 586. The Hall–Kier alpha value is -2.11. The van der Waals surface area contributed by atoms with Gasteiger partial charge in [-0.15, -0.1) is 0 Å². The molecule has 0 aromatic heterocycles. The number of aryl methyl sites for hydroxylation is 2. The largest absolute Gasteiger partial charge is 0.477 e. The zero-order valence-electron chi connectivity index (χ0n) is 13.3. The standard InChI is InChI=1S/C16H22N2O4/c1-11-5-4-6-17(9-11)15(19)10-22-16-13(3)7-12(2)8-14(16)18(20)21/h7-8,11H,4-6,9-10H2,1-3H3. The number of carbonyl (C=O) groups is 1. The Morgan fingerprint density at radius 1 is 1.45 bits per heavy atom. The second kappa shape index (κ2) is 6.77. The third kappa shape index (κ3) is 3.75. The zero-order valence-corrected chi connectivity index (χ0v) is 13.3. The summed E-state index contributed by atoms with van der Waals surface area (Å²) in [7, 11) is 0. The van der Waals surface area contributed by atoms with E-state index >= 15 is 0 Å². The van der Waals surface area contributed by atoms with Crippen LogP contribution in [0.4, 0.5) is 5.69 Å². The predicted octanol–water partition coefficient (Wildman–Crippen LogP) is 2.85. The van der Waals surface area contributed by atoms with E-state index < -0.39 is 4.92 Å². The van der Waals surface area contributed by atoms with E-state index in [1.54, 1.807) is 18.7 Å². The smallest absolute Gasteiger partial charge is 0.311 e. The Kier molecular flexibility index (Phi) is 5.00. The highest BCUT2D eigenvalue weighted by Gasteiger charge is 2.23. The number of benzene rings is 1. The van der Waals surface area contributed by atoms with Gasteiger partial charge in [0.15, 0.2) is 6.61 Å². The lowest BCUT2D eigenvalue weighted by Crippen LogP contribution is -2.41. The summed E-state index contributed by atoms with van der Waals surface area (Å²) in [6.07, 6.45) is 2.13. The van der Waals surface area contributed by atoms with Crippen LogP contribution < -0.4 is 4.74 Å². The van der Waals surface area contributed by atoms with Crippen LogP contribution in [0.15, 0.2) is 12.1 Å². The quantitative estimate of drug-likeness (QED) is 0.633. The van der Waals surface area contributed by atoms with Gasteiger partial charge < -0.3 is 9.64 Å². The molecule has 0 saturated carbocycles. The average Bonchev–Trinajstić information content (AvgIpc) is 2.45. The molecule has 1 fully saturated rings. The molecule has 120 valence electrons. The Morgan fingerprint density at radius 3 is 2.82 bits per heavy atom. The van der Waals surface area contributed by atoms with Crippen LogP contribution in [0.2, 0.25) is 0 Å². The first kappa shape index (κ1) is 16.3. The molecular formula is C16H22N2O4. The molecule has 1 saturated heterocycles. The zero-order chi connectivity index (χ0) is 16.3. The third-order valence-electron chi connectivity index (χ3n) is 3.95. The highest BCUT2D eigenvalue weighted by atomic mass is 16.6. The SMILES string of the molecule is Cc1cc(C)c(OCC(=O)N2CCCC(C)C2)c([N+](=O)[O-])c1. The summed E-state index contributed by atoms with van der Waals surface area (Å²) in [5, 5.41) is 11.1. The number of nitro benzene ring substituents is 1. The summed E-state index contributed by atoms with van der Waals surface area (Å²) in [5.41, 5.74) is 1.39. The molecule has 1 unspecified atom stereocenters. The Balaban J connectivity index is 2.08. The number of rotatable bonds is 4. The lowest BCUT2D eigenvalue weighted by Gasteiger charge is -2.30. The molecule has 1 atom stereocenters. The lowest BCUT2D eigenvalue weighted by atomic mass is 10.0. The number of piperidine rings is 1. The molecule has 0 N–H and O–H groups in total. The van der Waals surface area contributed by atoms with E-state index in [0.717, 1.165) is 31.5 Å². The monoisotopic (exact) mass is 306 g/mol. The van der Waals surface area contributed by atoms with Crippen molar-refractivity contribution in [1.29, 1.82) is 0 Å². The number of carbonyl (C=O) groups excluding carboxylic acids is 1. The van der Waals surface area contributed by atoms with Crippen molar-refractivity contribution in [3.05, 3.63) is 33.4 Å². The lowest BCUT2D eigenvalue weighted by molar-refractivity contribution is -0.385. The van der Waals surface area contributed by atoms with Gasteiger partial charge in [-0.1, -0.05) is 13.0 Å². The van der Waals surface area contributed by atoms with Crippen molar-refractivity contribution in [3.8, 4) is 5.75 Å². The minimum absolute atomic E-state index is 0.0858. The normalized spacial score (nSPS) is 18.1. The van der Waals surface area contributed by atoms with Crippen LogP contribution in [0, 0.1) is 29.9 Å². The molecule has 6 nitrogen and oxygen atoms in total. The van der Waals surface area contributed by atoms with Gasteiger partial charge in [0.2, 0.25) is 5.75 Å². The van der Waals surface area contributed by atoms with Gasteiger partial charge in [0.25, 0.3) is 5.91 Å². The summed E-state index contributed by atoms with van der Waals surface area (Å²) >= 11 is 0. The Morgan fingerprint density at radius 2 is 2.18 bits per heavy atom. The first-order valence-electron chi connectivity index (χ1n) is 7.54. The van der Waals surface area contributed by atoms with Crippen molar-refractivity contribution in [2.45, 2.75) is 33.6 Å². The van der Waals surface area contributed by atoms with Gasteiger partial charge in [0.1, 0.15) is 0 Å². The van der Waals surface area contributed by atoms with E-state index in [9.17, 15) is 14.9 Å². The molecular weight excluding hydrogens is 284 g/mol. The molecule has 6 heteroatoms. The summed E-state index contributed by atoms with van der Waals surface area (Å²) in [6, 6.07) is 3.28. The molecule has 1 aromatic rings. The summed E-state index contributed by atoms with van der Waals surface area (Å²) in [4.78, 5) is 24.7. The number of amides is 1. The van der Waals surface area contributed by atoms with E-state index in [1.165, 1.54) is 6.07 Å². The molecule has 1 amide bonds. The van der Waals surface area contributed by atoms with Crippen molar-refractivity contribution in [1.82, 2.24) is 4.90 Å². The molecule has 22 heavy (non-hydrogen) atoms. The molecule has 0 aliphatic carbocycles. The van der Waals surface area contributed by atoms with Crippen LogP contribution in [0.3, 0.4) is 0 Å². The van der Waals surface area contributed by atoms with Crippen LogP contribution in [0.1, 0.15) is 30.9 Å². The van der Waals surface area contributed by atoms with E-state index in [-0.39, 0.29) is 24.0 Å². The van der Waals surface area contributed by atoms with Crippen LogP contribution >= 0.6 is 0 Å². The fourth-order valence-electron chi connectivity index (χ4n) is 2.90. The summed E-state index contributed by atoms with van der Waals surface area (Å²) in [6.45, 7) is 6.98. The van der Waals surface area contributed by atoms with Gasteiger partial charge in [0, 0.05) is 19.2 Å². The minimum Gasteiger partial charge on any atom is -0.477 e. The summed E-state index contributed by atoms with van der Waals surface area (Å²) in [5.74, 6) is 0.572. The fourth-order valence-corrected chi connectivity index (χ4v) is 2.90. The second-order valence-corrected chi connectivity index (χ2v) is 6.06. The molecule has 0 bridgehead atoms. The van der Waals surface area contributed by atoms with Gasteiger partial charge in [-0.3, -0.25) is 14.9 Å². The van der Waals surface area contributed by atoms with Crippen molar-refractivity contribution in [3.63, 3.8) is 0 Å². The summed E-state index contributed by atoms with van der Waals surface area (Å²) < 4.78 is 5.50. The van der Waals surface area contributed by atoms with Crippen molar-refractivity contribution in [2.75, 3.05) is 19.7 Å². The maximum atomic E-state index is 12.2. The van der Waals surface area contributed by atoms with Gasteiger partial charge in [-0.2, -0.15) is 0 Å². The van der Waals surface area contributed by atoms with E-state index in [2.05, 4.69) is 6.92 Å². The number of ether oxygens (including phenoxy) is 1. The molecule has 1 aliphatic heterocycles.